The molecule has 0 aliphatic heterocycles. The molecule has 1 aromatic rings. The van der Waals surface area contributed by atoms with Gasteiger partial charge in [-0.15, -0.1) is 0 Å². The maximum absolute atomic E-state index is 13.1. The fourth-order valence-corrected chi connectivity index (χ4v) is 2.50. The standard InChI is InChI=1S/C13H17BrFN/c1-9(11-2-3-11)7-16-8-10-4-12(14)6-13(15)5-10/h4-6,9,11,16H,2-3,7-8H2,1H3. The van der Waals surface area contributed by atoms with Gasteiger partial charge in [0.15, 0.2) is 0 Å². The molecule has 16 heavy (non-hydrogen) atoms. The number of hydrogen-bond donors (Lipinski definition) is 1. The molecule has 3 heteroatoms. The van der Waals surface area contributed by atoms with E-state index in [0.29, 0.717) is 0 Å². The molecule has 0 bridgehead atoms. The molecule has 0 saturated heterocycles. The Bertz CT molecular complexity index is 343. The Balaban J connectivity index is 1.79. The van der Waals surface area contributed by atoms with Crippen molar-refractivity contribution in [1.82, 2.24) is 5.32 Å². The Hall–Kier alpha value is -0.410. The molecule has 0 amide bonds. The number of hydrogen-bond acceptors (Lipinski definition) is 1. The minimum atomic E-state index is -0.179. The molecule has 0 radical (unpaired) electrons. The van der Waals surface area contributed by atoms with Crippen LogP contribution in [0.1, 0.15) is 25.3 Å². The van der Waals surface area contributed by atoms with Crippen LogP contribution in [0.4, 0.5) is 4.39 Å². The maximum atomic E-state index is 13.1. The minimum absolute atomic E-state index is 0.179. The van der Waals surface area contributed by atoms with Gasteiger partial charge in [0, 0.05) is 11.0 Å². The monoisotopic (exact) mass is 285 g/mol. The summed E-state index contributed by atoms with van der Waals surface area (Å²) >= 11 is 3.30. The highest BCUT2D eigenvalue weighted by atomic mass is 79.9. The van der Waals surface area contributed by atoms with E-state index in [0.717, 1.165) is 35.0 Å². The average Bonchev–Trinajstić information content (AvgIpc) is 2.98. The van der Waals surface area contributed by atoms with Crippen LogP contribution < -0.4 is 5.32 Å². The molecule has 2 rings (SSSR count). The van der Waals surface area contributed by atoms with E-state index >= 15 is 0 Å². The lowest BCUT2D eigenvalue weighted by molar-refractivity contribution is 0.461. The molecule has 88 valence electrons. The first-order valence-corrected chi connectivity index (χ1v) is 6.60. The molecular formula is C13H17BrFN. The van der Waals surface area contributed by atoms with Crippen molar-refractivity contribution in [2.75, 3.05) is 6.54 Å². The van der Waals surface area contributed by atoms with Crippen LogP contribution in [0.25, 0.3) is 0 Å². The van der Waals surface area contributed by atoms with Crippen molar-refractivity contribution in [3.8, 4) is 0 Å². The average molecular weight is 286 g/mol. The highest BCUT2D eigenvalue weighted by Crippen LogP contribution is 2.36. The van der Waals surface area contributed by atoms with Crippen molar-refractivity contribution >= 4 is 15.9 Å². The minimum Gasteiger partial charge on any atom is -0.312 e. The van der Waals surface area contributed by atoms with Crippen LogP contribution in [0.2, 0.25) is 0 Å². The Kier molecular flexibility index (Phi) is 3.98. The maximum Gasteiger partial charge on any atom is 0.124 e. The number of nitrogens with one attached hydrogen (secondary N) is 1. The summed E-state index contributed by atoms with van der Waals surface area (Å²) in [4.78, 5) is 0. The smallest absolute Gasteiger partial charge is 0.124 e. The van der Waals surface area contributed by atoms with Crippen molar-refractivity contribution in [3.05, 3.63) is 34.1 Å². The summed E-state index contributed by atoms with van der Waals surface area (Å²) in [6.07, 6.45) is 2.77. The lowest BCUT2D eigenvalue weighted by Gasteiger charge is -2.11. The van der Waals surface area contributed by atoms with Gasteiger partial charge in [-0.1, -0.05) is 22.9 Å². The Morgan fingerprint density at radius 3 is 2.81 bits per heavy atom. The molecule has 1 saturated carbocycles. The van der Waals surface area contributed by atoms with Crippen LogP contribution in [-0.4, -0.2) is 6.54 Å². The third-order valence-corrected chi connectivity index (χ3v) is 3.60. The first-order chi connectivity index (χ1) is 7.65. The topological polar surface area (TPSA) is 12.0 Å². The summed E-state index contributed by atoms with van der Waals surface area (Å²) in [5, 5.41) is 3.39. The van der Waals surface area contributed by atoms with Gasteiger partial charge in [-0.2, -0.15) is 0 Å². The third-order valence-electron chi connectivity index (χ3n) is 3.14. The van der Waals surface area contributed by atoms with Gasteiger partial charge >= 0.3 is 0 Å². The van der Waals surface area contributed by atoms with Crippen molar-refractivity contribution in [3.63, 3.8) is 0 Å². The van der Waals surface area contributed by atoms with E-state index in [1.54, 1.807) is 6.07 Å². The summed E-state index contributed by atoms with van der Waals surface area (Å²) < 4.78 is 13.9. The quantitative estimate of drug-likeness (QED) is 0.869. The van der Waals surface area contributed by atoms with Crippen LogP contribution in [0, 0.1) is 17.7 Å². The molecule has 1 aliphatic rings. The molecule has 0 heterocycles. The van der Waals surface area contributed by atoms with Gasteiger partial charge in [0.25, 0.3) is 0 Å². The molecule has 1 aliphatic carbocycles. The second kappa shape index (κ2) is 5.28. The predicted octanol–water partition coefficient (Wildman–Crippen LogP) is 3.72. The summed E-state index contributed by atoms with van der Waals surface area (Å²) in [5.74, 6) is 1.49. The van der Waals surface area contributed by atoms with Gasteiger partial charge in [-0.05, 0) is 55.0 Å². The van der Waals surface area contributed by atoms with Crippen molar-refractivity contribution in [2.45, 2.75) is 26.3 Å². The SMILES string of the molecule is CC(CNCc1cc(F)cc(Br)c1)C1CC1. The molecule has 0 spiro atoms. The normalized spacial score (nSPS) is 17.4. The summed E-state index contributed by atoms with van der Waals surface area (Å²) in [5.41, 5.74) is 0.995. The fraction of sp³-hybridized carbons (Fsp3) is 0.538. The fourth-order valence-electron chi connectivity index (χ4n) is 1.99. The zero-order chi connectivity index (χ0) is 11.5. The van der Waals surface area contributed by atoms with Crippen LogP contribution in [0.15, 0.2) is 22.7 Å². The molecule has 1 aromatic carbocycles. The molecular weight excluding hydrogens is 269 g/mol. The van der Waals surface area contributed by atoms with E-state index in [9.17, 15) is 4.39 Å². The molecule has 1 fully saturated rings. The number of halogens is 2. The van der Waals surface area contributed by atoms with Crippen LogP contribution >= 0.6 is 15.9 Å². The second-order valence-corrected chi connectivity index (χ2v) is 5.64. The molecule has 1 N–H and O–H groups in total. The molecule has 1 unspecified atom stereocenters. The molecule has 1 atom stereocenters. The van der Waals surface area contributed by atoms with Gasteiger partial charge in [0.2, 0.25) is 0 Å². The Morgan fingerprint density at radius 2 is 2.19 bits per heavy atom. The van der Waals surface area contributed by atoms with Gasteiger partial charge in [0.05, 0.1) is 0 Å². The van der Waals surface area contributed by atoms with Gasteiger partial charge < -0.3 is 5.32 Å². The predicted molar refractivity (Wildman–Crippen MR) is 67.7 cm³/mol. The number of rotatable bonds is 5. The van der Waals surface area contributed by atoms with E-state index in [1.807, 2.05) is 6.07 Å². The van der Waals surface area contributed by atoms with E-state index < -0.39 is 0 Å². The first kappa shape index (κ1) is 12.1. The summed E-state index contributed by atoms with van der Waals surface area (Å²) in [7, 11) is 0. The lowest BCUT2D eigenvalue weighted by atomic mass is 10.1. The Morgan fingerprint density at radius 1 is 1.44 bits per heavy atom. The van der Waals surface area contributed by atoms with E-state index in [-0.39, 0.29) is 5.82 Å². The lowest BCUT2D eigenvalue weighted by Crippen LogP contribution is -2.21. The summed E-state index contributed by atoms with van der Waals surface area (Å²) in [6, 6.07) is 5.02. The van der Waals surface area contributed by atoms with E-state index in [1.165, 1.54) is 18.9 Å². The summed E-state index contributed by atoms with van der Waals surface area (Å²) in [6.45, 7) is 4.05. The second-order valence-electron chi connectivity index (χ2n) is 4.72. The highest BCUT2D eigenvalue weighted by Gasteiger charge is 2.27. The van der Waals surface area contributed by atoms with Crippen LogP contribution in [0.3, 0.4) is 0 Å². The zero-order valence-corrected chi connectivity index (χ0v) is 11.1. The molecule has 0 aromatic heterocycles. The molecule has 1 nitrogen and oxygen atoms in total. The van der Waals surface area contributed by atoms with Crippen LogP contribution in [0.5, 0.6) is 0 Å². The van der Waals surface area contributed by atoms with Crippen molar-refractivity contribution in [2.24, 2.45) is 11.8 Å². The van der Waals surface area contributed by atoms with Crippen molar-refractivity contribution in [1.29, 1.82) is 0 Å². The van der Waals surface area contributed by atoms with E-state index in [4.69, 9.17) is 0 Å². The van der Waals surface area contributed by atoms with Gasteiger partial charge in [-0.25, -0.2) is 4.39 Å². The number of benzene rings is 1. The van der Waals surface area contributed by atoms with E-state index in [2.05, 4.69) is 28.2 Å². The Labute approximate surface area is 105 Å². The highest BCUT2D eigenvalue weighted by molar-refractivity contribution is 9.10. The van der Waals surface area contributed by atoms with Crippen molar-refractivity contribution < 1.29 is 4.39 Å². The van der Waals surface area contributed by atoms with Gasteiger partial charge in [0.1, 0.15) is 5.82 Å². The van der Waals surface area contributed by atoms with Gasteiger partial charge in [-0.3, -0.25) is 0 Å². The zero-order valence-electron chi connectivity index (χ0n) is 9.47. The van der Waals surface area contributed by atoms with Crippen LogP contribution in [-0.2, 0) is 6.54 Å². The largest absolute Gasteiger partial charge is 0.312 e. The third kappa shape index (κ3) is 3.56. The first-order valence-electron chi connectivity index (χ1n) is 5.81.